The Morgan fingerprint density at radius 2 is 1.79 bits per heavy atom. The molecule has 0 aliphatic rings. The molecule has 0 saturated carbocycles. The predicted molar refractivity (Wildman–Crippen MR) is 122 cm³/mol. The summed E-state index contributed by atoms with van der Waals surface area (Å²) in [5.74, 6) is 0.700. The van der Waals surface area contributed by atoms with Crippen molar-refractivity contribution in [2.45, 2.75) is 25.9 Å². The number of aryl methyl sites for hydroxylation is 1. The summed E-state index contributed by atoms with van der Waals surface area (Å²) < 4.78 is 19.8. The summed E-state index contributed by atoms with van der Waals surface area (Å²) in [6.45, 7) is 0.609. The molecule has 1 amide bonds. The van der Waals surface area contributed by atoms with Gasteiger partial charge in [-0.1, -0.05) is 24.3 Å². The molecule has 0 saturated heterocycles. The number of pyridine rings is 1. The summed E-state index contributed by atoms with van der Waals surface area (Å²) in [5, 5.41) is 3.24. The number of hydrogen-bond donors (Lipinski definition) is 1. The van der Waals surface area contributed by atoms with E-state index >= 15 is 0 Å². The lowest BCUT2D eigenvalue weighted by Gasteiger charge is -2.14. The van der Waals surface area contributed by atoms with Crippen molar-refractivity contribution in [2.24, 2.45) is 0 Å². The summed E-state index contributed by atoms with van der Waals surface area (Å²) >= 11 is 0. The van der Waals surface area contributed by atoms with Crippen molar-refractivity contribution in [1.82, 2.24) is 19.9 Å². The van der Waals surface area contributed by atoms with Gasteiger partial charge in [0, 0.05) is 25.6 Å². The summed E-state index contributed by atoms with van der Waals surface area (Å²) in [4.78, 5) is 34.4. The van der Waals surface area contributed by atoms with Crippen molar-refractivity contribution < 1.29 is 13.9 Å². The van der Waals surface area contributed by atoms with Gasteiger partial charge >= 0.3 is 0 Å². The smallest absolute Gasteiger partial charge is 0.263 e. The standard InChI is InChI=1S/C25H23FN4O3/c1-33-20-10-6-18(7-11-20)16-30-22(29-24-21(25(30)32)3-2-14-27-24)12-13-23(31)28-15-17-4-8-19(26)9-5-17/h2-11,14H,12-13,15-16H2,1H3,(H,28,31). The summed E-state index contributed by atoms with van der Waals surface area (Å²) in [7, 11) is 1.60. The van der Waals surface area contributed by atoms with Crippen molar-refractivity contribution in [3.05, 3.63) is 100.0 Å². The van der Waals surface area contributed by atoms with Gasteiger partial charge in [-0.05, 0) is 47.5 Å². The van der Waals surface area contributed by atoms with Crippen LogP contribution in [0.1, 0.15) is 23.4 Å². The third-order valence-corrected chi connectivity index (χ3v) is 5.29. The van der Waals surface area contributed by atoms with Crippen LogP contribution in [0.15, 0.2) is 71.7 Å². The lowest BCUT2D eigenvalue weighted by atomic mass is 10.2. The summed E-state index contributed by atoms with van der Waals surface area (Å²) in [5.41, 5.74) is 1.86. The Morgan fingerprint density at radius 1 is 1.06 bits per heavy atom. The van der Waals surface area contributed by atoms with E-state index in [2.05, 4.69) is 15.3 Å². The van der Waals surface area contributed by atoms with Crippen molar-refractivity contribution in [2.75, 3.05) is 7.11 Å². The average molecular weight is 446 g/mol. The van der Waals surface area contributed by atoms with Gasteiger partial charge in [0.2, 0.25) is 5.91 Å². The van der Waals surface area contributed by atoms with Gasteiger partial charge in [0.25, 0.3) is 5.56 Å². The Hall–Kier alpha value is -4.07. The van der Waals surface area contributed by atoms with Crippen molar-refractivity contribution in [3.8, 4) is 5.75 Å². The van der Waals surface area contributed by atoms with Crippen LogP contribution in [0.25, 0.3) is 11.0 Å². The highest BCUT2D eigenvalue weighted by molar-refractivity contribution is 5.76. The molecule has 4 rings (SSSR count). The van der Waals surface area contributed by atoms with E-state index in [-0.39, 0.29) is 30.1 Å². The first-order chi connectivity index (χ1) is 16.0. The van der Waals surface area contributed by atoms with Crippen LogP contribution < -0.4 is 15.6 Å². The van der Waals surface area contributed by atoms with Crippen LogP contribution in [0.4, 0.5) is 4.39 Å². The normalized spacial score (nSPS) is 10.8. The van der Waals surface area contributed by atoms with Crippen LogP contribution in [0.5, 0.6) is 5.75 Å². The minimum absolute atomic E-state index is 0.147. The van der Waals surface area contributed by atoms with E-state index < -0.39 is 0 Å². The molecule has 0 spiro atoms. The van der Waals surface area contributed by atoms with Crippen LogP contribution in [-0.4, -0.2) is 27.6 Å². The van der Waals surface area contributed by atoms with Gasteiger partial charge in [-0.15, -0.1) is 0 Å². The molecule has 1 N–H and O–H groups in total. The molecule has 168 valence electrons. The first kappa shape index (κ1) is 22.1. The second-order valence-corrected chi connectivity index (χ2v) is 7.55. The van der Waals surface area contributed by atoms with E-state index in [1.165, 1.54) is 12.1 Å². The second-order valence-electron chi connectivity index (χ2n) is 7.55. The summed E-state index contributed by atoms with van der Waals surface area (Å²) in [6.07, 6.45) is 2.00. The largest absolute Gasteiger partial charge is 0.497 e. The van der Waals surface area contributed by atoms with Crippen LogP contribution in [-0.2, 0) is 24.3 Å². The average Bonchev–Trinajstić information content (AvgIpc) is 2.85. The predicted octanol–water partition coefficient (Wildman–Crippen LogP) is 3.24. The molecular weight excluding hydrogens is 423 g/mol. The van der Waals surface area contributed by atoms with Crippen LogP contribution in [0.3, 0.4) is 0 Å². The third-order valence-electron chi connectivity index (χ3n) is 5.29. The molecule has 0 fully saturated rings. The van der Waals surface area contributed by atoms with Crippen molar-refractivity contribution >= 4 is 16.9 Å². The minimum atomic E-state index is -0.323. The lowest BCUT2D eigenvalue weighted by Crippen LogP contribution is -2.28. The third kappa shape index (κ3) is 5.41. The Balaban J connectivity index is 1.53. The maximum absolute atomic E-state index is 13.2. The highest BCUT2D eigenvalue weighted by Gasteiger charge is 2.14. The molecule has 2 aromatic heterocycles. The van der Waals surface area contributed by atoms with Crippen LogP contribution >= 0.6 is 0 Å². The van der Waals surface area contributed by atoms with Gasteiger partial charge in [-0.3, -0.25) is 14.2 Å². The van der Waals surface area contributed by atoms with E-state index in [9.17, 15) is 14.0 Å². The van der Waals surface area contributed by atoms with Crippen LogP contribution in [0.2, 0.25) is 0 Å². The Kier molecular flexibility index (Phi) is 6.73. The maximum Gasteiger partial charge on any atom is 0.263 e. The molecule has 33 heavy (non-hydrogen) atoms. The molecule has 7 nitrogen and oxygen atoms in total. The SMILES string of the molecule is COc1ccc(Cn2c(CCC(=O)NCc3ccc(F)cc3)nc3ncccc3c2=O)cc1. The van der Waals surface area contributed by atoms with E-state index in [1.807, 2.05) is 24.3 Å². The molecule has 2 aromatic carbocycles. The van der Waals surface area contributed by atoms with Gasteiger partial charge < -0.3 is 10.1 Å². The zero-order valence-electron chi connectivity index (χ0n) is 18.1. The Morgan fingerprint density at radius 3 is 2.52 bits per heavy atom. The molecule has 4 aromatic rings. The zero-order chi connectivity index (χ0) is 23.2. The Labute approximate surface area is 189 Å². The number of fused-ring (bicyclic) bond motifs is 1. The van der Waals surface area contributed by atoms with Gasteiger partial charge in [0.1, 0.15) is 17.4 Å². The molecule has 0 bridgehead atoms. The van der Waals surface area contributed by atoms with E-state index in [0.717, 1.165) is 16.9 Å². The number of carbonyl (C=O) groups is 1. The van der Waals surface area contributed by atoms with Crippen molar-refractivity contribution in [3.63, 3.8) is 0 Å². The summed E-state index contributed by atoms with van der Waals surface area (Å²) in [6, 6.07) is 16.8. The second kappa shape index (κ2) is 10.0. The molecule has 0 atom stereocenters. The molecule has 0 unspecified atom stereocenters. The van der Waals surface area contributed by atoms with Crippen LogP contribution in [0, 0.1) is 5.82 Å². The molecule has 2 heterocycles. The fourth-order valence-electron chi connectivity index (χ4n) is 3.48. The Bertz CT molecular complexity index is 1320. The number of benzene rings is 2. The number of carbonyl (C=O) groups excluding carboxylic acids is 1. The van der Waals surface area contributed by atoms with Gasteiger partial charge in [-0.25, -0.2) is 14.4 Å². The molecule has 0 aliphatic carbocycles. The first-order valence-corrected chi connectivity index (χ1v) is 10.5. The molecule has 0 aliphatic heterocycles. The van der Waals surface area contributed by atoms with E-state index in [0.29, 0.717) is 29.9 Å². The highest BCUT2D eigenvalue weighted by Crippen LogP contribution is 2.14. The molecule has 8 heteroatoms. The first-order valence-electron chi connectivity index (χ1n) is 10.5. The number of rotatable bonds is 8. The number of halogens is 1. The highest BCUT2D eigenvalue weighted by atomic mass is 19.1. The van der Waals surface area contributed by atoms with E-state index in [4.69, 9.17) is 4.74 Å². The zero-order valence-corrected chi connectivity index (χ0v) is 18.1. The fraction of sp³-hybridized carbons (Fsp3) is 0.200. The van der Waals surface area contributed by atoms with Crippen molar-refractivity contribution in [1.29, 1.82) is 0 Å². The number of nitrogens with zero attached hydrogens (tertiary/aromatic N) is 3. The number of nitrogens with one attached hydrogen (secondary N) is 1. The topological polar surface area (TPSA) is 86.1 Å². The lowest BCUT2D eigenvalue weighted by molar-refractivity contribution is -0.121. The van der Waals surface area contributed by atoms with Gasteiger partial charge in [-0.2, -0.15) is 0 Å². The minimum Gasteiger partial charge on any atom is -0.497 e. The number of amides is 1. The fourth-order valence-corrected chi connectivity index (χ4v) is 3.48. The number of methoxy groups -OCH3 is 1. The number of ether oxygens (including phenoxy) is 1. The number of aromatic nitrogens is 3. The quantitative estimate of drug-likeness (QED) is 0.449. The molecule has 0 radical (unpaired) electrons. The van der Waals surface area contributed by atoms with Gasteiger partial charge in [0.05, 0.1) is 19.0 Å². The number of hydrogen-bond acceptors (Lipinski definition) is 5. The van der Waals surface area contributed by atoms with E-state index in [1.54, 1.807) is 42.1 Å². The maximum atomic E-state index is 13.2. The molecular formula is C25H23FN4O3. The monoisotopic (exact) mass is 446 g/mol. The van der Waals surface area contributed by atoms with Gasteiger partial charge in [0.15, 0.2) is 5.65 Å².